The molecule has 1 aliphatic rings. The van der Waals surface area contributed by atoms with Gasteiger partial charge in [-0.1, -0.05) is 12.1 Å². The normalized spacial score (nSPS) is 15.2. The lowest BCUT2D eigenvalue weighted by Crippen LogP contribution is -2.49. The van der Waals surface area contributed by atoms with E-state index in [4.69, 9.17) is 0 Å². The van der Waals surface area contributed by atoms with Crippen molar-refractivity contribution in [1.29, 1.82) is 0 Å². The maximum absolute atomic E-state index is 12.7. The molecule has 1 saturated heterocycles. The third kappa shape index (κ3) is 5.77. The number of hydrogen-bond donors (Lipinski definition) is 1. The van der Waals surface area contributed by atoms with Crippen molar-refractivity contribution in [2.45, 2.75) is 31.3 Å². The number of nitrogens with one attached hydrogen (secondary N) is 1. The second-order valence-corrected chi connectivity index (χ2v) is 9.42. The van der Waals surface area contributed by atoms with E-state index in [9.17, 15) is 26.4 Å². The summed E-state index contributed by atoms with van der Waals surface area (Å²) in [5.41, 5.74) is 0.647. The fraction of sp³-hybridized carbons (Fsp3) is 0.429. The van der Waals surface area contributed by atoms with Crippen molar-refractivity contribution in [3.63, 3.8) is 0 Å². The summed E-state index contributed by atoms with van der Waals surface area (Å²) in [6.07, 6.45) is -3.62. The second-order valence-electron chi connectivity index (χ2n) is 7.69. The first-order chi connectivity index (χ1) is 15.0. The van der Waals surface area contributed by atoms with Gasteiger partial charge in [0, 0.05) is 45.3 Å². The topological polar surface area (TPSA) is 82.6 Å². The Balaban J connectivity index is 1.49. The molecular weight excluding hydrogens is 445 g/mol. The molecule has 0 saturated carbocycles. The molecule has 11 heteroatoms. The van der Waals surface area contributed by atoms with Gasteiger partial charge in [-0.05, 0) is 43.2 Å². The number of sulfonamides is 1. The molecule has 0 unspecified atom stereocenters. The van der Waals surface area contributed by atoms with Crippen molar-refractivity contribution in [3.05, 3.63) is 53.2 Å². The van der Waals surface area contributed by atoms with Crippen LogP contribution < -0.4 is 9.62 Å². The van der Waals surface area contributed by atoms with Gasteiger partial charge in [0.2, 0.25) is 15.9 Å². The Morgan fingerprint density at radius 1 is 1.09 bits per heavy atom. The number of anilines is 1. The molecule has 3 rings (SSSR count). The Kier molecular flexibility index (Phi) is 7.09. The molecule has 1 N–H and O–H groups in total. The summed E-state index contributed by atoms with van der Waals surface area (Å²) < 4.78 is 65.5. The smallest absolute Gasteiger partial charge is 0.353 e. The summed E-state index contributed by atoms with van der Waals surface area (Å²) in [5.74, 6) is 0.236. The molecule has 0 spiro atoms. The van der Waals surface area contributed by atoms with E-state index in [0.29, 0.717) is 37.6 Å². The van der Waals surface area contributed by atoms with Crippen molar-refractivity contribution in [3.8, 4) is 0 Å². The number of carbonyl (C=O) groups excluding carboxylic acids is 1. The van der Waals surface area contributed by atoms with Gasteiger partial charge < -0.3 is 9.80 Å². The molecule has 1 aliphatic heterocycles. The monoisotopic (exact) mass is 470 g/mol. The Morgan fingerprint density at radius 3 is 2.38 bits per heavy atom. The molecule has 0 bridgehead atoms. The number of amides is 1. The number of pyridine rings is 1. The molecule has 0 atom stereocenters. The van der Waals surface area contributed by atoms with Gasteiger partial charge in [0.25, 0.3) is 0 Å². The number of nitrogens with zero attached hydrogens (tertiary/aromatic N) is 3. The molecule has 0 radical (unpaired) electrons. The van der Waals surface area contributed by atoms with Gasteiger partial charge in [-0.15, -0.1) is 0 Å². The van der Waals surface area contributed by atoms with E-state index >= 15 is 0 Å². The van der Waals surface area contributed by atoms with Crippen LogP contribution in [0.4, 0.5) is 19.0 Å². The fourth-order valence-electron chi connectivity index (χ4n) is 3.45. The van der Waals surface area contributed by atoms with Crippen LogP contribution in [0.3, 0.4) is 0 Å². The first-order valence-corrected chi connectivity index (χ1v) is 11.6. The molecule has 7 nitrogen and oxygen atoms in total. The zero-order valence-electron chi connectivity index (χ0n) is 17.8. The highest BCUT2D eigenvalue weighted by Gasteiger charge is 2.31. The summed E-state index contributed by atoms with van der Waals surface area (Å²) in [7, 11) is -3.72. The second kappa shape index (κ2) is 9.45. The molecule has 1 aromatic carbocycles. The number of aromatic nitrogens is 1. The van der Waals surface area contributed by atoms with Crippen LogP contribution in [0.2, 0.25) is 0 Å². The summed E-state index contributed by atoms with van der Waals surface area (Å²) >= 11 is 0. The lowest BCUT2D eigenvalue weighted by Gasteiger charge is -2.35. The molecule has 0 aliphatic carbocycles. The predicted molar refractivity (Wildman–Crippen MR) is 114 cm³/mol. The lowest BCUT2D eigenvalue weighted by molar-refractivity contribution is -0.137. The van der Waals surface area contributed by atoms with Crippen molar-refractivity contribution in [2.24, 2.45) is 0 Å². The number of aryl methyl sites for hydroxylation is 2. The van der Waals surface area contributed by atoms with Crippen molar-refractivity contribution in [2.75, 3.05) is 37.6 Å². The third-order valence-corrected chi connectivity index (χ3v) is 6.90. The highest BCUT2D eigenvalue weighted by Crippen LogP contribution is 2.29. The van der Waals surface area contributed by atoms with Crippen LogP contribution in [-0.4, -0.2) is 56.9 Å². The SMILES string of the molecule is Cc1ccc(C)c(S(=O)(=O)NCCC(=O)N2CCN(c3ccc(C(F)(F)F)cn3)CC2)c1. The van der Waals surface area contributed by atoms with Gasteiger partial charge in [-0.3, -0.25) is 4.79 Å². The van der Waals surface area contributed by atoms with E-state index in [1.165, 1.54) is 6.07 Å². The van der Waals surface area contributed by atoms with Gasteiger partial charge in [0.15, 0.2) is 0 Å². The summed E-state index contributed by atoms with van der Waals surface area (Å²) in [6.45, 7) is 5.12. The van der Waals surface area contributed by atoms with E-state index in [0.717, 1.165) is 17.8 Å². The van der Waals surface area contributed by atoms with Gasteiger partial charge in [-0.2, -0.15) is 13.2 Å². The zero-order valence-corrected chi connectivity index (χ0v) is 18.6. The number of hydrogen-bond acceptors (Lipinski definition) is 5. The van der Waals surface area contributed by atoms with Crippen LogP contribution >= 0.6 is 0 Å². The number of halogens is 3. The van der Waals surface area contributed by atoms with Gasteiger partial charge >= 0.3 is 6.18 Å². The van der Waals surface area contributed by atoms with Gasteiger partial charge in [0.05, 0.1) is 10.5 Å². The predicted octanol–water partition coefficient (Wildman–Crippen LogP) is 2.73. The van der Waals surface area contributed by atoms with E-state index in [1.807, 2.05) is 17.9 Å². The third-order valence-electron chi connectivity index (χ3n) is 5.30. The molecule has 1 amide bonds. The largest absolute Gasteiger partial charge is 0.417 e. The van der Waals surface area contributed by atoms with E-state index < -0.39 is 21.8 Å². The van der Waals surface area contributed by atoms with Gasteiger partial charge in [-0.25, -0.2) is 18.1 Å². The molecule has 1 fully saturated rings. The minimum absolute atomic E-state index is 0.0165. The Morgan fingerprint density at radius 2 is 1.78 bits per heavy atom. The highest BCUT2D eigenvalue weighted by molar-refractivity contribution is 7.89. The molecule has 174 valence electrons. The Labute approximate surface area is 185 Å². The molecule has 32 heavy (non-hydrogen) atoms. The maximum atomic E-state index is 12.7. The summed E-state index contributed by atoms with van der Waals surface area (Å²) in [5, 5.41) is 0. The van der Waals surface area contributed by atoms with Crippen LogP contribution in [0.1, 0.15) is 23.1 Å². The first-order valence-electron chi connectivity index (χ1n) is 10.1. The molecule has 2 heterocycles. The van der Waals surface area contributed by atoms with Crippen molar-refractivity contribution >= 4 is 21.7 Å². The number of piperazine rings is 1. The fourth-order valence-corrected chi connectivity index (χ4v) is 4.81. The highest BCUT2D eigenvalue weighted by atomic mass is 32.2. The van der Waals surface area contributed by atoms with Gasteiger partial charge in [0.1, 0.15) is 5.82 Å². The van der Waals surface area contributed by atoms with E-state index in [-0.39, 0.29) is 23.8 Å². The van der Waals surface area contributed by atoms with E-state index in [1.54, 1.807) is 24.0 Å². The van der Waals surface area contributed by atoms with Crippen molar-refractivity contribution in [1.82, 2.24) is 14.6 Å². The Hall–Kier alpha value is -2.66. The zero-order chi connectivity index (χ0) is 23.5. The Bertz CT molecular complexity index is 1060. The minimum atomic E-state index is -4.43. The molecule has 1 aromatic heterocycles. The summed E-state index contributed by atoms with van der Waals surface area (Å²) in [4.78, 5) is 20.0. The maximum Gasteiger partial charge on any atom is 0.417 e. The quantitative estimate of drug-likeness (QED) is 0.702. The van der Waals surface area contributed by atoms with Crippen LogP contribution in [0.5, 0.6) is 0 Å². The van der Waals surface area contributed by atoms with Crippen LogP contribution in [0.25, 0.3) is 0 Å². The number of rotatable bonds is 6. The average molecular weight is 471 g/mol. The average Bonchev–Trinajstić information content (AvgIpc) is 2.75. The van der Waals surface area contributed by atoms with Crippen LogP contribution in [0, 0.1) is 13.8 Å². The van der Waals surface area contributed by atoms with Crippen LogP contribution in [-0.2, 0) is 21.0 Å². The molecular formula is C21H25F3N4O3S. The number of carbonyl (C=O) groups is 1. The minimum Gasteiger partial charge on any atom is -0.353 e. The number of alkyl halides is 3. The lowest BCUT2D eigenvalue weighted by atomic mass is 10.2. The summed E-state index contributed by atoms with van der Waals surface area (Å²) in [6, 6.07) is 7.47. The van der Waals surface area contributed by atoms with Crippen molar-refractivity contribution < 1.29 is 26.4 Å². The first kappa shape index (κ1) is 24.0. The van der Waals surface area contributed by atoms with E-state index in [2.05, 4.69) is 9.71 Å². The standard InChI is InChI=1S/C21H25F3N4O3S/c1-15-3-4-16(2)18(13-15)32(30,31)26-8-7-20(29)28-11-9-27(10-12-28)19-6-5-17(14-25-19)21(22,23)24/h3-6,13-14,26H,7-12H2,1-2H3. The molecule has 2 aromatic rings. The van der Waals surface area contributed by atoms with Crippen LogP contribution in [0.15, 0.2) is 41.4 Å². The number of benzene rings is 1.